The van der Waals surface area contributed by atoms with Crippen LogP contribution >= 0.6 is 0 Å². The number of nitrogens with zero attached hydrogens (tertiary/aromatic N) is 2. The van der Waals surface area contributed by atoms with E-state index in [0.29, 0.717) is 0 Å². The Kier molecular flexibility index (Phi) is 15.2. The van der Waals surface area contributed by atoms with Gasteiger partial charge >= 0.3 is 0 Å². The Hall–Kier alpha value is -5.48. The Bertz CT molecular complexity index is 2240. The molecule has 5 heteroatoms. The van der Waals surface area contributed by atoms with Crippen molar-refractivity contribution in [1.82, 2.24) is 9.97 Å². The third kappa shape index (κ3) is 10.4. The van der Waals surface area contributed by atoms with Gasteiger partial charge < -0.3 is 5.11 Å². The molecular weight excluding hydrogens is 865 g/mol. The molecule has 8 aromatic rings. The van der Waals surface area contributed by atoms with Gasteiger partial charge in [-0.25, -0.2) is 0 Å². The van der Waals surface area contributed by atoms with Crippen LogP contribution in [0.1, 0.15) is 53.4 Å². The van der Waals surface area contributed by atoms with Gasteiger partial charge in [-0.2, -0.15) is 0 Å². The van der Waals surface area contributed by atoms with Crippen LogP contribution in [0.5, 0.6) is 0 Å². The summed E-state index contributed by atoms with van der Waals surface area (Å²) in [7, 11) is 0. The molecule has 0 spiro atoms. The first-order valence-electron chi connectivity index (χ1n) is 19.4. The molecule has 56 heavy (non-hydrogen) atoms. The van der Waals surface area contributed by atoms with E-state index in [0.717, 1.165) is 80.8 Å². The summed E-state index contributed by atoms with van der Waals surface area (Å²) in [5.41, 5.74) is 6.05. The SMILES string of the molecule is CCC(CC)C(=O)/C=C(\O)C(CC)CC.[Ir].[c-]1c(-c2ccc3ccccc3n2)ccc2ccccc12.[c-]1c(-c2ccc3ccccc3n2)ccc2ccccc12. The quantitative estimate of drug-likeness (QED) is 0.0890. The van der Waals surface area contributed by atoms with Gasteiger partial charge in [-0.05, 0) is 48.6 Å². The molecule has 0 aliphatic carbocycles. The zero-order valence-electron chi connectivity index (χ0n) is 32.5. The van der Waals surface area contributed by atoms with Crippen LogP contribution < -0.4 is 0 Å². The number of carbonyl (C=O) groups is 1. The number of hydrogen-bond acceptors (Lipinski definition) is 4. The zero-order valence-corrected chi connectivity index (χ0v) is 34.9. The van der Waals surface area contributed by atoms with Gasteiger partial charge in [0, 0.05) is 49.4 Å². The molecule has 1 N–H and O–H groups in total. The Morgan fingerprint density at radius 2 is 0.893 bits per heavy atom. The number of para-hydroxylation sites is 2. The summed E-state index contributed by atoms with van der Waals surface area (Å²) in [6.45, 7) is 8.07. The van der Waals surface area contributed by atoms with Crippen molar-refractivity contribution in [2.24, 2.45) is 11.8 Å². The number of pyridine rings is 2. The predicted octanol–water partition coefficient (Wildman–Crippen LogP) is 13.6. The van der Waals surface area contributed by atoms with Crippen LogP contribution in [0.4, 0.5) is 0 Å². The Balaban J connectivity index is 0.000000162. The molecule has 0 saturated carbocycles. The molecule has 8 rings (SSSR count). The molecule has 0 saturated heterocycles. The molecule has 4 nitrogen and oxygen atoms in total. The number of allylic oxidation sites excluding steroid dienone is 2. The standard InChI is InChI=1S/2C19H12N.C13H24O2.Ir/c2*1-2-7-16-13-17(10-9-14(16)5-1)19-12-11-15-6-3-4-8-18(15)20-19;1-5-10(6-2)12(14)9-13(15)11(7-3)8-4;/h2*1-12H;9-11,14H,5-8H2,1-4H3;/q2*-1;;/b;;12-9-;. The molecule has 285 valence electrons. The Morgan fingerprint density at radius 1 is 0.518 bits per heavy atom. The molecule has 0 bridgehead atoms. The van der Waals surface area contributed by atoms with E-state index in [4.69, 9.17) is 9.97 Å². The summed E-state index contributed by atoms with van der Waals surface area (Å²) in [6.07, 6.45) is 4.91. The van der Waals surface area contributed by atoms with Gasteiger partial charge in [0.05, 0.1) is 16.8 Å². The van der Waals surface area contributed by atoms with E-state index in [1.54, 1.807) is 0 Å². The number of aliphatic hydroxyl groups is 1. The second-order valence-corrected chi connectivity index (χ2v) is 13.7. The van der Waals surface area contributed by atoms with Crippen molar-refractivity contribution in [2.45, 2.75) is 53.4 Å². The summed E-state index contributed by atoms with van der Waals surface area (Å²) < 4.78 is 0. The number of carbonyl (C=O) groups excluding carboxylic acids is 1. The molecule has 2 aromatic heterocycles. The topological polar surface area (TPSA) is 63.1 Å². The third-order valence-corrected chi connectivity index (χ3v) is 10.2. The van der Waals surface area contributed by atoms with E-state index in [9.17, 15) is 9.90 Å². The first-order chi connectivity index (χ1) is 26.9. The smallest absolute Gasteiger partial charge is 0.162 e. The molecule has 0 atom stereocenters. The van der Waals surface area contributed by atoms with Crippen LogP contribution in [0.3, 0.4) is 0 Å². The minimum Gasteiger partial charge on any atom is -0.512 e. The summed E-state index contributed by atoms with van der Waals surface area (Å²) in [5, 5.41) is 16.7. The molecule has 0 fully saturated rings. The number of ketones is 1. The molecule has 0 aliphatic heterocycles. The maximum atomic E-state index is 11.7. The zero-order chi connectivity index (χ0) is 38.6. The summed E-state index contributed by atoms with van der Waals surface area (Å²) in [5.74, 6) is 0.547. The van der Waals surface area contributed by atoms with Gasteiger partial charge in [0.2, 0.25) is 0 Å². The second kappa shape index (κ2) is 20.4. The van der Waals surface area contributed by atoms with Crippen LogP contribution in [0, 0.1) is 24.0 Å². The van der Waals surface area contributed by atoms with Gasteiger partial charge in [0.1, 0.15) is 0 Å². The van der Waals surface area contributed by atoms with Gasteiger partial charge in [-0.1, -0.05) is 147 Å². The summed E-state index contributed by atoms with van der Waals surface area (Å²) >= 11 is 0. The van der Waals surface area contributed by atoms with Gasteiger partial charge in [0.15, 0.2) is 5.78 Å². The fourth-order valence-corrected chi connectivity index (χ4v) is 6.74. The van der Waals surface area contributed by atoms with Gasteiger partial charge in [-0.15, -0.1) is 59.3 Å². The first-order valence-corrected chi connectivity index (χ1v) is 19.4. The number of rotatable bonds is 9. The van der Waals surface area contributed by atoms with Crippen LogP contribution in [0.25, 0.3) is 65.9 Å². The molecule has 2 heterocycles. The van der Waals surface area contributed by atoms with E-state index < -0.39 is 0 Å². The van der Waals surface area contributed by atoms with Crippen LogP contribution in [0.15, 0.2) is 157 Å². The second-order valence-electron chi connectivity index (χ2n) is 13.7. The number of aliphatic hydroxyl groups excluding tert-OH is 1. The maximum Gasteiger partial charge on any atom is 0.162 e. The van der Waals surface area contributed by atoms with Crippen LogP contribution in [-0.2, 0) is 24.9 Å². The van der Waals surface area contributed by atoms with Crippen molar-refractivity contribution >= 4 is 49.1 Å². The van der Waals surface area contributed by atoms with E-state index in [-0.39, 0.29) is 43.5 Å². The van der Waals surface area contributed by atoms with E-state index >= 15 is 0 Å². The molecule has 0 unspecified atom stereocenters. The predicted molar refractivity (Wildman–Crippen MR) is 231 cm³/mol. The van der Waals surface area contributed by atoms with Gasteiger partial charge in [-0.3, -0.25) is 14.8 Å². The molecule has 0 aliphatic rings. The van der Waals surface area contributed by atoms with E-state index in [1.165, 1.54) is 16.8 Å². The van der Waals surface area contributed by atoms with Crippen molar-refractivity contribution in [3.05, 3.63) is 170 Å². The van der Waals surface area contributed by atoms with Crippen LogP contribution in [0.2, 0.25) is 0 Å². The normalized spacial score (nSPS) is 11.2. The summed E-state index contributed by atoms with van der Waals surface area (Å²) in [6, 6.07) is 56.5. The average molecular weight is 913 g/mol. The van der Waals surface area contributed by atoms with E-state index in [2.05, 4.69) is 97.1 Å². The fraction of sp³-hybridized carbons (Fsp3) is 0.196. The minimum absolute atomic E-state index is 0. The fourth-order valence-electron chi connectivity index (χ4n) is 6.74. The van der Waals surface area contributed by atoms with E-state index in [1.807, 2.05) is 88.4 Å². The van der Waals surface area contributed by atoms with Crippen molar-refractivity contribution in [1.29, 1.82) is 0 Å². The van der Waals surface area contributed by atoms with Crippen molar-refractivity contribution in [3.63, 3.8) is 0 Å². The van der Waals surface area contributed by atoms with Gasteiger partial charge in [0.25, 0.3) is 0 Å². The maximum absolute atomic E-state index is 11.7. The first kappa shape index (κ1) is 41.7. The van der Waals surface area contributed by atoms with Crippen molar-refractivity contribution in [3.8, 4) is 22.5 Å². The Morgan fingerprint density at radius 3 is 1.32 bits per heavy atom. The number of fused-ring (bicyclic) bond motifs is 4. The number of benzene rings is 6. The van der Waals surface area contributed by atoms with Crippen molar-refractivity contribution in [2.75, 3.05) is 0 Å². The summed E-state index contributed by atoms with van der Waals surface area (Å²) in [4.78, 5) is 21.2. The number of hydrogen-bond donors (Lipinski definition) is 1. The number of aromatic nitrogens is 2. The molecular formula is C51H48IrN2O2-2. The minimum atomic E-state index is 0. The third-order valence-electron chi connectivity index (χ3n) is 10.2. The van der Waals surface area contributed by atoms with Crippen molar-refractivity contribution < 1.29 is 30.0 Å². The average Bonchev–Trinajstić information content (AvgIpc) is 3.24. The molecule has 1 radical (unpaired) electrons. The monoisotopic (exact) mass is 913 g/mol. The Labute approximate surface area is 344 Å². The molecule has 0 amide bonds. The molecule has 6 aromatic carbocycles. The van der Waals surface area contributed by atoms with Crippen LogP contribution in [-0.4, -0.2) is 20.9 Å². The largest absolute Gasteiger partial charge is 0.512 e.